The smallest absolute Gasteiger partial charge is 0.407 e. The summed E-state index contributed by atoms with van der Waals surface area (Å²) in [6, 6.07) is 4.49. The highest BCUT2D eigenvalue weighted by Crippen LogP contribution is 2.32. The normalized spacial score (nSPS) is 17.8. The molecule has 22 heavy (non-hydrogen) atoms. The molecule has 2 N–H and O–H groups in total. The van der Waals surface area contributed by atoms with E-state index in [4.69, 9.17) is 9.15 Å². The molecule has 0 spiro atoms. The molecule has 1 aliphatic rings. The number of furan rings is 1. The third kappa shape index (κ3) is 6.10. The van der Waals surface area contributed by atoms with Crippen LogP contribution in [0.2, 0.25) is 0 Å². The molecule has 2 unspecified atom stereocenters. The van der Waals surface area contributed by atoms with Crippen LogP contribution in [0, 0.1) is 5.92 Å². The molecule has 0 aliphatic heterocycles. The molecular weight excluding hydrogens is 280 g/mol. The van der Waals surface area contributed by atoms with Gasteiger partial charge in [0.05, 0.1) is 6.26 Å². The number of alkyl carbamates (subject to hydrolysis) is 1. The first-order valence-electron chi connectivity index (χ1n) is 8.09. The Morgan fingerprint density at radius 1 is 1.45 bits per heavy atom. The Balaban J connectivity index is 1.76. The van der Waals surface area contributed by atoms with E-state index in [1.165, 1.54) is 12.8 Å². The maximum Gasteiger partial charge on any atom is 0.407 e. The van der Waals surface area contributed by atoms with Crippen molar-refractivity contribution in [2.75, 3.05) is 6.54 Å². The van der Waals surface area contributed by atoms with Gasteiger partial charge in [0.25, 0.3) is 0 Å². The van der Waals surface area contributed by atoms with Gasteiger partial charge in [0.1, 0.15) is 11.4 Å². The maximum absolute atomic E-state index is 11.8. The lowest BCUT2D eigenvalue weighted by Crippen LogP contribution is -2.47. The topological polar surface area (TPSA) is 63.5 Å². The molecule has 1 aliphatic carbocycles. The largest absolute Gasteiger partial charge is 0.469 e. The Morgan fingerprint density at radius 2 is 2.18 bits per heavy atom. The third-order valence-corrected chi connectivity index (χ3v) is 3.64. The van der Waals surface area contributed by atoms with E-state index < -0.39 is 5.60 Å². The van der Waals surface area contributed by atoms with E-state index in [2.05, 4.69) is 17.6 Å². The van der Waals surface area contributed by atoms with Crippen LogP contribution in [0.3, 0.4) is 0 Å². The zero-order chi connectivity index (χ0) is 16.2. The van der Waals surface area contributed by atoms with Crippen LogP contribution in [0.4, 0.5) is 4.79 Å². The van der Waals surface area contributed by atoms with Gasteiger partial charge in [-0.3, -0.25) is 0 Å². The molecule has 1 aromatic heterocycles. The van der Waals surface area contributed by atoms with E-state index in [1.54, 1.807) is 6.26 Å². The summed E-state index contributed by atoms with van der Waals surface area (Å²) in [7, 11) is 0. The van der Waals surface area contributed by atoms with E-state index >= 15 is 0 Å². The van der Waals surface area contributed by atoms with E-state index in [-0.39, 0.29) is 12.1 Å². The van der Waals surface area contributed by atoms with Gasteiger partial charge in [-0.2, -0.15) is 0 Å². The van der Waals surface area contributed by atoms with Crippen LogP contribution in [-0.4, -0.2) is 30.3 Å². The van der Waals surface area contributed by atoms with Gasteiger partial charge in [-0.05, 0) is 58.6 Å². The summed E-state index contributed by atoms with van der Waals surface area (Å²) in [6.45, 7) is 8.35. The molecule has 2 rings (SSSR count). The summed E-state index contributed by atoms with van der Waals surface area (Å²) in [5.74, 6) is 1.63. The Bertz CT molecular complexity index is 461. The van der Waals surface area contributed by atoms with Crippen LogP contribution in [0.1, 0.15) is 46.3 Å². The van der Waals surface area contributed by atoms with Crippen molar-refractivity contribution in [1.29, 1.82) is 0 Å². The fourth-order valence-electron chi connectivity index (χ4n) is 2.52. The second-order valence-corrected chi connectivity index (χ2v) is 7.18. The van der Waals surface area contributed by atoms with Gasteiger partial charge in [0, 0.05) is 25.0 Å². The first-order valence-corrected chi connectivity index (χ1v) is 8.09. The lowest BCUT2D eigenvalue weighted by Gasteiger charge is -2.25. The number of carbonyl (C=O) groups is 1. The van der Waals surface area contributed by atoms with Gasteiger partial charge in [0.15, 0.2) is 0 Å². The van der Waals surface area contributed by atoms with Crippen molar-refractivity contribution >= 4 is 6.09 Å². The molecule has 1 aromatic rings. The average Bonchev–Trinajstić information content (AvgIpc) is 3.11. The lowest BCUT2D eigenvalue weighted by molar-refractivity contribution is 0.0520. The molecule has 0 aromatic carbocycles. The molecule has 0 bridgehead atoms. The maximum atomic E-state index is 11.8. The highest BCUT2D eigenvalue weighted by Gasteiger charge is 2.32. The predicted molar refractivity (Wildman–Crippen MR) is 85.8 cm³/mol. The Kier molecular flexibility index (Phi) is 5.51. The number of rotatable bonds is 7. The molecule has 0 radical (unpaired) electrons. The van der Waals surface area contributed by atoms with Crippen LogP contribution >= 0.6 is 0 Å². The molecule has 1 saturated carbocycles. The molecule has 1 fully saturated rings. The standard InChI is InChI=1S/C17H28N2O3/c1-12(10-14-6-5-9-21-14)19-15(13-7-8-13)11-18-16(20)22-17(2,3)4/h5-6,9,12-13,15,19H,7-8,10-11H2,1-4H3,(H,18,20). The van der Waals surface area contributed by atoms with Crippen molar-refractivity contribution in [2.24, 2.45) is 5.92 Å². The predicted octanol–water partition coefficient (Wildman–Crippen LogP) is 3.10. The third-order valence-electron chi connectivity index (χ3n) is 3.64. The molecule has 5 heteroatoms. The van der Waals surface area contributed by atoms with Gasteiger partial charge in [0.2, 0.25) is 0 Å². The quantitative estimate of drug-likeness (QED) is 0.812. The van der Waals surface area contributed by atoms with Crippen molar-refractivity contribution in [3.05, 3.63) is 24.2 Å². The van der Waals surface area contributed by atoms with E-state index in [0.29, 0.717) is 18.5 Å². The highest BCUT2D eigenvalue weighted by atomic mass is 16.6. The second kappa shape index (κ2) is 7.18. The first kappa shape index (κ1) is 16.9. The number of amides is 1. The molecule has 124 valence electrons. The summed E-state index contributed by atoms with van der Waals surface area (Å²) in [6.07, 6.45) is 4.65. The number of hydrogen-bond donors (Lipinski definition) is 2. The minimum absolute atomic E-state index is 0.289. The molecule has 5 nitrogen and oxygen atoms in total. The molecule has 1 amide bonds. The summed E-state index contributed by atoms with van der Waals surface area (Å²) in [5, 5.41) is 6.48. The highest BCUT2D eigenvalue weighted by molar-refractivity contribution is 5.67. The SMILES string of the molecule is CC(Cc1ccco1)NC(CNC(=O)OC(C)(C)C)C1CC1. The van der Waals surface area contributed by atoms with Crippen molar-refractivity contribution in [1.82, 2.24) is 10.6 Å². The van der Waals surface area contributed by atoms with Crippen LogP contribution in [-0.2, 0) is 11.2 Å². The van der Waals surface area contributed by atoms with Gasteiger partial charge in [-0.15, -0.1) is 0 Å². The molecule has 2 atom stereocenters. The van der Waals surface area contributed by atoms with Crippen molar-refractivity contribution in [3.8, 4) is 0 Å². The summed E-state index contributed by atoms with van der Waals surface area (Å²) in [5.41, 5.74) is -0.459. The van der Waals surface area contributed by atoms with Crippen molar-refractivity contribution < 1.29 is 13.9 Å². The summed E-state index contributed by atoms with van der Waals surface area (Å²) in [4.78, 5) is 11.8. The zero-order valence-corrected chi connectivity index (χ0v) is 14.0. The van der Waals surface area contributed by atoms with Crippen molar-refractivity contribution in [3.63, 3.8) is 0 Å². The van der Waals surface area contributed by atoms with Crippen LogP contribution in [0.15, 0.2) is 22.8 Å². The number of ether oxygens (including phenoxy) is 1. The van der Waals surface area contributed by atoms with Gasteiger partial charge in [-0.1, -0.05) is 0 Å². The fraction of sp³-hybridized carbons (Fsp3) is 0.706. The fourth-order valence-corrected chi connectivity index (χ4v) is 2.52. The van der Waals surface area contributed by atoms with E-state index in [0.717, 1.165) is 12.2 Å². The number of hydrogen-bond acceptors (Lipinski definition) is 4. The van der Waals surface area contributed by atoms with Gasteiger partial charge >= 0.3 is 6.09 Å². The van der Waals surface area contributed by atoms with Crippen LogP contribution in [0.5, 0.6) is 0 Å². The summed E-state index contributed by atoms with van der Waals surface area (Å²) < 4.78 is 10.7. The van der Waals surface area contributed by atoms with Gasteiger partial charge in [-0.25, -0.2) is 4.79 Å². The average molecular weight is 308 g/mol. The minimum Gasteiger partial charge on any atom is -0.469 e. The lowest BCUT2D eigenvalue weighted by atomic mass is 10.1. The molecule has 1 heterocycles. The minimum atomic E-state index is -0.459. The number of nitrogens with one attached hydrogen (secondary N) is 2. The number of carbonyl (C=O) groups excluding carboxylic acids is 1. The molecule has 0 saturated heterocycles. The van der Waals surface area contributed by atoms with Crippen LogP contribution < -0.4 is 10.6 Å². The second-order valence-electron chi connectivity index (χ2n) is 7.18. The van der Waals surface area contributed by atoms with E-state index in [9.17, 15) is 4.79 Å². The summed E-state index contributed by atoms with van der Waals surface area (Å²) >= 11 is 0. The van der Waals surface area contributed by atoms with Crippen LogP contribution in [0.25, 0.3) is 0 Å². The van der Waals surface area contributed by atoms with Crippen molar-refractivity contribution in [2.45, 2.75) is 64.6 Å². The molecular formula is C17H28N2O3. The first-order chi connectivity index (χ1) is 10.3. The Hall–Kier alpha value is -1.49. The zero-order valence-electron chi connectivity index (χ0n) is 14.0. The Morgan fingerprint density at radius 3 is 2.73 bits per heavy atom. The van der Waals surface area contributed by atoms with Gasteiger partial charge < -0.3 is 19.8 Å². The monoisotopic (exact) mass is 308 g/mol. The van der Waals surface area contributed by atoms with E-state index in [1.807, 2.05) is 32.9 Å². The Labute approximate surface area is 132 Å².